The Balaban J connectivity index is 1.74. The molecular formula is C17H18ClN3O3. The maximum absolute atomic E-state index is 12.5. The van der Waals surface area contributed by atoms with E-state index in [1.165, 1.54) is 12.3 Å². The largest absolute Gasteiger partial charge is 0.393 e. The van der Waals surface area contributed by atoms with E-state index in [4.69, 9.17) is 11.6 Å². The molecule has 126 valence electrons. The molecule has 3 rings (SSSR count). The van der Waals surface area contributed by atoms with Gasteiger partial charge in [-0.2, -0.15) is 0 Å². The number of carbonyl (C=O) groups is 1. The van der Waals surface area contributed by atoms with Crippen molar-refractivity contribution in [2.24, 2.45) is 5.92 Å². The number of aliphatic hydroxyl groups is 1. The third-order valence-electron chi connectivity index (χ3n) is 4.31. The van der Waals surface area contributed by atoms with Crippen LogP contribution >= 0.6 is 11.6 Å². The summed E-state index contributed by atoms with van der Waals surface area (Å²) in [6.45, 7) is 0. The highest BCUT2D eigenvalue weighted by Crippen LogP contribution is 2.31. The molecule has 1 atom stereocenters. The molecule has 6 nitrogen and oxygen atoms in total. The van der Waals surface area contributed by atoms with Crippen molar-refractivity contribution in [1.82, 2.24) is 15.3 Å². The second-order valence-corrected chi connectivity index (χ2v) is 6.46. The van der Waals surface area contributed by atoms with Crippen molar-refractivity contribution in [1.29, 1.82) is 0 Å². The monoisotopic (exact) mass is 347 g/mol. The van der Waals surface area contributed by atoms with Gasteiger partial charge in [0.25, 0.3) is 11.5 Å². The lowest BCUT2D eigenvalue weighted by Crippen LogP contribution is -2.48. The third kappa shape index (κ3) is 3.83. The van der Waals surface area contributed by atoms with E-state index in [-0.39, 0.29) is 29.0 Å². The highest BCUT2D eigenvalue weighted by Gasteiger charge is 2.35. The Bertz CT molecular complexity index is 772. The summed E-state index contributed by atoms with van der Waals surface area (Å²) in [6, 6.07) is 6.86. The molecule has 0 saturated heterocycles. The predicted molar refractivity (Wildman–Crippen MR) is 90.0 cm³/mol. The van der Waals surface area contributed by atoms with E-state index in [0.29, 0.717) is 24.8 Å². The molecule has 2 aromatic heterocycles. The van der Waals surface area contributed by atoms with Crippen LogP contribution in [0, 0.1) is 5.92 Å². The maximum atomic E-state index is 12.5. The number of H-pyrrole nitrogens is 1. The van der Waals surface area contributed by atoms with E-state index < -0.39 is 5.56 Å². The summed E-state index contributed by atoms with van der Waals surface area (Å²) >= 11 is 5.78. The van der Waals surface area contributed by atoms with Crippen LogP contribution in [0.4, 0.5) is 0 Å². The number of carbonyl (C=O) groups excluding carboxylic acids is 1. The number of hydrogen-bond donors (Lipinski definition) is 3. The van der Waals surface area contributed by atoms with Crippen molar-refractivity contribution in [3.05, 3.63) is 63.3 Å². The molecule has 1 saturated carbocycles. The average molecular weight is 348 g/mol. The number of nitrogens with zero attached hydrogens (tertiary/aromatic N) is 1. The zero-order chi connectivity index (χ0) is 17.1. The molecule has 1 amide bonds. The van der Waals surface area contributed by atoms with Crippen LogP contribution < -0.4 is 10.9 Å². The third-order valence-corrected chi connectivity index (χ3v) is 4.59. The van der Waals surface area contributed by atoms with E-state index in [1.54, 1.807) is 6.20 Å². The van der Waals surface area contributed by atoms with E-state index in [1.807, 2.05) is 18.2 Å². The molecule has 0 radical (unpaired) electrons. The van der Waals surface area contributed by atoms with Gasteiger partial charge >= 0.3 is 0 Å². The summed E-state index contributed by atoms with van der Waals surface area (Å²) in [4.78, 5) is 30.5. The normalized spacial score (nSPS) is 20.9. The van der Waals surface area contributed by atoms with E-state index in [0.717, 1.165) is 5.69 Å². The van der Waals surface area contributed by atoms with Crippen molar-refractivity contribution in [2.45, 2.75) is 31.4 Å². The molecule has 0 bridgehead atoms. The van der Waals surface area contributed by atoms with Crippen molar-refractivity contribution in [3.63, 3.8) is 0 Å². The lowest BCUT2D eigenvalue weighted by molar-refractivity contribution is 0.0238. The number of aromatic nitrogens is 2. The van der Waals surface area contributed by atoms with Gasteiger partial charge in [0.15, 0.2) is 0 Å². The lowest BCUT2D eigenvalue weighted by atomic mass is 9.76. The minimum absolute atomic E-state index is 0.0250. The molecule has 2 heterocycles. The molecule has 1 fully saturated rings. The molecule has 0 aromatic carbocycles. The number of rotatable bonds is 5. The van der Waals surface area contributed by atoms with Crippen molar-refractivity contribution < 1.29 is 9.90 Å². The summed E-state index contributed by atoms with van der Waals surface area (Å²) < 4.78 is 0. The van der Waals surface area contributed by atoms with Gasteiger partial charge in [0, 0.05) is 30.6 Å². The van der Waals surface area contributed by atoms with Gasteiger partial charge in [0.1, 0.15) is 5.02 Å². The Kier molecular flexibility index (Phi) is 4.97. The molecule has 0 spiro atoms. The maximum Gasteiger partial charge on any atom is 0.266 e. The Morgan fingerprint density at radius 3 is 2.88 bits per heavy atom. The fraction of sp³-hybridized carbons (Fsp3) is 0.353. The quantitative estimate of drug-likeness (QED) is 0.764. The predicted octanol–water partition coefficient (Wildman–Crippen LogP) is 1.54. The first kappa shape index (κ1) is 16.7. The molecular weight excluding hydrogens is 330 g/mol. The fourth-order valence-corrected chi connectivity index (χ4v) is 3.05. The smallest absolute Gasteiger partial charge is 0.266 e. The molecule has 1 aliphatic carbocycles. The average Bonchev–Trinajstić information content (AvgIpc) is 2.55. The number of aliphatic hydroxyl groups excluding tert-OH is 1. The van der Waals surface area contributed by atoms with Crippen LogP contribution in [0.2, 0.25) is 5.02 Å². The molecule has 7 heteroatoms. The summed E-state index contributed by atoms with van der Waals surface area (Å²) in [5, 5.41) is 12.5. The van der Waals surface area contributed by atoms with Crippen LogP contribution in [-0.4, -0.2) is 33.1 Å². The van der Waals surface area contributed by atoms with E-state index in [2.05, 4.69) is 15.3 Å². The number of hydrogen-bond acceptors (Lipinski definition) is 4. The Labute approximate surface area is 143 Å². The lowest BCUT2D eigenvalue weighted by Gasteiger charge is -2.38. The van der Waals surface area contributed by atoms with Crippen molar-refractivity contribution in [3.8, 4) is 0 Å². The van der Waals surface area contributed by atoms with Crippen LogP contribution in [-0.2, 0) is 6.42 Å². The zero-order valence-corrected chi connectivity index (χ0v) is 13.7. The van der Waals surface area contributed by atoms with Crippen LogP contribution in [0.15, 0.2) is 41.5 Å². The second-order valence-electron chi connectivity index (χ2n) is 6.06. The van der Waals surface area contributed by atoms with Crippen LogP contribution in [0.25, 0.3) is 0 Å². The van der Waals surface area contributed by atoms with E-state index in [9.17, 15) is 14.7 Å². The van der Waals surface area contributed by atoms with E-state index >= 15 is 0 Å². The van der Waals surface area contributed by atoms with Crippen molar-refractivity contribution in [2.75, 3.05) is 0 Å². The number of aromatic amines is 1. The highest BCUT2D eigenvalue weighted by atomic mass is 35.5. The number of halogens is 1. The van der Waals surface area contributed by atoms with Gasteiger partial charge in [-0.3, -0.25) is 14.6 Å². The highest BCUT2D eigenvalue weighted by molar-refractivity contribution is 6.30. The Hall–Kier alpha value is -2.18. The fourth-order valence-electron chi connectivity index (χ4n) is 2.88. The van der Waals surface area contributed by atoms with Gasteiger partial charge in [0.2, 0.25) is 0 Å². The van der Waals surface area contributed by atoms with Gasteiger partial charge in [-0.25, -0.2) is 0 Å². The molecule has 0 aliphatic heterocycles. The summed E-state index contributed by atoms with van der Waals surface area (Å²) in [5.41, 5.74) is 0.745. The number of amides is 1. The van der Waals surface area contributed by atoms with Gasteiger partial charge in [0.05, 0.1) is 11.7 Å². The zero-order valence-electron chi connectivity index (χ0n) is 12.9. The molecule has 1 aliphatic rings. The Morgan fingerprint density at radius 2 is 2.25 bits per heavy atom. The minimum Gasteiger partial charge on any atom is -0.393 e. The first-order valence-electron chi connectivity index (χ1n) is 7.80. The standard InChI is InChI=1S/C17H18ClN3O3/c18-14-7-11(9-20-17(14)24)16(23)21-15(10-5-13(22)6-10)8-12-3-1-2-4-19-12/h1-4,7,9-10,13,15,22H,5-6,8H2,(H,20,24)(H,21,23)/t10?,13?,15-/m1/s1. The van der Waals surface area contributed by atoms with Gasteiger partial charge in [-0.05, 0) is 37.0 Å². The first-order valence-corrected chi connectivity index (χ1v) is 8.18. The molecule has 2 aromatic rings. The van der Waals surface area contributed by atoms with Crippen LogP contribution in [0.1, 0.15) is 28.9 Å². The topological polar surface area (TPSA) is 95.1 Å². The van der Waals surface area contributed by atoms with Gasteiger partial charge in [-0.1, -0.05) is 17.7 Å². The first-order chi connectivity index (χ1) is 11.5. The summed E-state index contributed by atoms with van der Waals surface area (Å²) in [7, 11) is 0. The Morgan fingerprint density at radius 1 is 1.46 bits per heavy atom. The molecule has 3 N–H and O–H groups in total. The molecule has 24 heavy (non-hydrogen) atoms. The van der Waals surface area contributed by atoms with Gasteiger partial charge in [-0.15, -0.1) is 0 Å². The summed E-state index contributed by atoms with van der Waals surface area (Å²) in [6.07, 6.45) is 4.65. The molecule has 0 unspecified atom stereocenters. The number of pyridine rings is 2. The second kappa shape index (κ2) is 7.15. The van der Waals surface area contributed by atoms with Crippen LogP contribution in [0.3, 0.4) is 0 Å². The van der Waals surface area contributed by atoms with Gasteiger partial charge < -0.3 is 15.4 Å². The summed E-state index contributed by atoms with van der Waals surface area (Å²) in [5.74, 6) is -0.111. The SMILES string of the molecule is O=C(N[C@H](Cc1ccccn1)C1CC(O)C1)c1c[nH]c(=O)c(Cl)c1. The number of nitrogens with one attached hydrogen (secondary N) is 2. The van der Waals surface area contributed by atoms with Crippen molar-refractivity contribution >= 4 is 17.5 Å². The minimum atomic E-state index is -0.430. The van der Waals surface area contributed by atoms with Crippen LogP contribution in [0.5, 0.6) is 0 Å².